The van der Waals surface area contributed by atoms with Crippen LogP contribution in [0.25, 0.3) is 17.3 Å². The predicted octanol–water partition coefficient (Wildman–Crippen LogP) is 1.05. The van der Waals surface area contributed by atoms with Gasteiger partial charge in [-0.15, -0.1) is 0 Å². The lowest BCUT2D eigenvalue weighted by molar-refractivity contribution is 0.122. The van der Waals surface area contributed by atoms with Crippen LogP contribution in [0.2, 0.25) is 0 Å². The molecule has 3 N–H and O–H groups in total. The molecule has 1 aliphatic heterocycles. The van der Waals surface area contributed by atoms with Crippen molar-refractivity contribution in [1.82, 2.24) is 24.7 Å². The Balaban J connectivity index is 1.72. The summed E-state index contributed by atoms with van der Waals surface area (Å²) >= 11 is 0. The second-order valence-electron chi connectivity index (χ2n) is 5.88. The topological polar surface area (TPSA) is 124 Å². The van der Waals surface area contributed by atoms with Crippen LogP contribution in [0.4, 0.5) is 16.4 Å². The Morgan fingerprint density at radius 3 is 2.48 bits per heavy atom. The standard InChI is InChI=1S/C17H18N8O2/c18-15(26)20-13-4-2-12(3-5-13)14-21-16(24-8-10-27-11-9-24)23-17(22-14)25-7-1-6-19-25/h1-7H,8-11H2,(H3,18,20,26). The van der Waals surface area contributed by atoms with Crippen molar-refractivity contribution in [2.75, 3.05) is 36.5 Å². The third kappa shape index (κ3) is 3.85. The number of nitrogens with zero attached hydrogens (tertiary/aromatic N) is 6. The first-order valence-corrected chi connectivity index (χ1v) is 8.45. The summed E-state index contributed by atoms with van der Waals surface area (Å²) in [6.07, 6.45) is 3.45. The number of carbonyl (C=O) groups is 1. The van der Waals surface area contributed by atoms with Gasteiger partial charge in [-0.25, -0.2) is 9.48 Å². The molecule has 1 fully saturated rings. The predicted molar refractivity (Wildman–Crippen MR) is 98.6 cm³/mol. The van der Waals surface area contributed by atoms with E-state index in [0.717, 1.165) is 5.56 Å². The Bertz CT molecular complexity index is 921. The second-order valence-corrected chi connectivity index (χ2v) is 5.88. The highest BCUT2D eigenvalue weighted by Gasteiger charge is 2.18. The minimum Gasteiger partial charge on any atom is -0.378 e. The molecule has 0 unspecified atom stereocenters. The molecule has 0 aliphatic carbocycles. The van der Waals surface area contributed by atoms with E-state index in [9.17, 15) is 4.79 Å². The molecule has 1 aliphatic rings. The number of rotatable bonds is 4. The fourth-order valence-electron chi connectivity index (χ4n) is 2.72. The Morgan fingerprint density at radius 1 is 1.07 bits per heavy atom. The van der Waals surface area contributed by atoms with Crippen molar-refractivity contribution in [3.05, 3.63) is 42.7 Å². The van der Waals surface area contributed by atoms with Crippen molar-refractivity contribution < 1.29 is 9.53 Å². The van der Waals surface area contributed by atoms with Crippen LogP contribution in [0.5, 0.6) is 0 Å². The normalized spacial score (nSPS) is 14.1. The molecule has 1 saturated heterocycles. The Morgan fingerprint density at radius 2 is 1.81 bits per heavy atom. The lowest BCUT2D eigenvalue weighted by atomic mass is 10.2. The highest BCUT2D eigenvalue weighted by molar-refractivity contribution is 5.88. The van der Waals surface area contributed by atoms with Crippen molar-refractivity contribution in [2.24, 2.45) is 5.73 Å². The third-order valence-electron chi connectivity index (χ3n) is 4.03. The monoisotopic (exact) mass is 366 g/mol. The Kier molecular flexibility index (Phi) is 4.62. The third-order valence-corrected chi connectivity index (χ3v) is 4.03. The van der Waals surface area contributed by atoms with E-state index in [1.165, 1.54) is 0 Å². The zero-order valence-corrected chi connectivity index (χ0v) is 14.4. The summed E-state index contributed by atoms with van der Waals surface area (Å²) in [5.41, 5.74) is 6.53. The Labute approximate surface area is 155 Å². The van der Waals surface area contributed by atoms with Crippen molar-refractivity contribution in [1.29, 1.82) is 0 Å². The highest BCUT2D eigenvalue weighted by atomic mass is 16.5. The van der Waals surface area contributed by atoms with E-state index in [2.05, 4.69) is 30.3 Å². The summed E-state index contributed by atoms with van der Waals surface area (Å²) in [6.45, 7) is 2.68. The lowest BCUT2D eigenvalue weighted by Gasteiger charge is -2.27. The molecule has 0 spiro atoms. The van der Waals surface area contributed by atoms with Gasteiger partial charge in [0.1, 0.15) is 0 Å². The number of amides is 2. The van der Waals surface area contributed by atoms with Gasteiger partial charge in [0.15, 0.2) is 5.82 Å². The summed E-state index contributed by atoms with van der Waals surface area (Å²) in [5.74, 6) is 1.53. The number of nitrogens with one attached hydrogen (secondary N) is 1. The summed E-state index contributed by atoms with van der Waals surface area (Å²) in [7, 11) is 0. The van der Waals surface area contributed by atoms with Crippen LogP contribution in [-0.4, -0.2) is 57.1 Å². The largest absolute Gasteiger partial charge is 0.378 e. The maximum atomic E-state index is 11.0. The number of hydrogen-bond acceptors (Lipinski definition) is 7. The minimum absolute atomic E-state index is 0.436. The molecular formula is C17H18N8O2. The van der Waals surface area contributed by atoms with Gasteiger partial charge in [-0.05, 0) is 30.3 Å². The van der Waals surface area contributed by atoms with Crippen LogP contribution >= 0.6 is 0 Å². The van der Waals surface area contributed by atoms with Crippen molar-refractivity contribution in [2.45, 2.75) is 0 Å². The average Bonchev–Trinajstić information content (AvgIpc) is 3.23. The fraction of sp³-hybridized carbons (Fsp3) is 0.235. The molecular weight excluding hydrogens is 348 g/mol. The number of morpholine rings is 1. The van der Waals surface area contributed by atoms with E-state index >= 15 is 0 Å². The maximum Gasteiger partial charge on any atom is 0.316 e. The molecule has 0 atom stereocenters. The summed E-state index contributed by atoms with van der Waals surface area (Å²) in [5, 5.41) is 6.74. The van der Waals surface area contributed by atoms with Crippen LogP contribution in [0.3, 0.4) is 0 Å². The molecule has 2 aromatic heterocycles. The number of primary amides is 1. The SMILES string of the molecule is NC(=O)Nc1ccc(-c2nc(N3CCOCC3)nc(-n3cccn3)n2)cc1. The van der Waals surface area contributed by atoms with E-state index in [4.69, 9.17) is 10.5 Å². The van der Waals surface area contributed by atoms with Gasteiger partial charge < -0.3 is 20.7 Å². The molecule has 10 nitrogen and oxygen atoms in total. The van der Waals surface area contributed by atoms with E-state index in [1.54, 1.807) is 29.2 Å². The van der Waals surface area contributed by atoms with Gasteiger partial charge in [-0.1, -0.05) is 0 Å². The molecule has 138 valence electrons. The number of hydrogen-bond donors (Lipinski definition) is 2. The molecule has 0 saturated carbocycles. The minimum atomic E-state index is -0.613. The molecule has 0 bridgehead atoms. The smallest absolute Gasteiger partial charge is 0.316 e. The molecule has 1 aromatic carbocycles. The lowest BCUT2D eigenvalue weighted by Crippen LogP contribution is -2.37. The molecule has 0 radical (unpaired) electrons. The van der Waals surface area contributed by atoms with E-state index < -0.39 is 6.03 Å². The quantitative estimate of drug-likeness (QED) is 0.707. The highest BCUT2D eigenvalue weighted by Crippen LogP contribution is 2.21. The van der Waals surface area contributed by atoms with E-state index in [1.807, 2.05) is 18.2 Å². The van der Waals surface area contributed by atoms with Crippen LogP contribution in [0.15, 0.2) is 42.7 Å². The molecule has 27 heavy (non-hydrogen) atoms. The second kappa shape index (κ2) is 7.38. The van der Waals surface area contributed by atoms with Crippen LogP contribution in [0.1, 0.15) is 0 Å². The van der Waals surface area contributed by atoms with E-state index in [0.29, 0.717) is 49.7 Å². The zero-order valence-electron chi connectivity index (χ0n) is 14.4. The average molecular weight is 366 g/mol. The maximum absolute atomic E-state index is 11.0. The molecule has 2 amide bonds. The Hall–Kier alpha value is -3.53. The first-order valence-electron chi connectivity index (χ1n) is 8.45. The van der Waals surface area contributed by atoms with Gasteiger partial charge in [0.2, 0.25) is 5.95 Å². The number of nitrogens with two attached hydrogens (primary N) is 1. The number of benzene rings is 1. The summed E-state index contributed by atoms with van der Waals surface area (Å²) in [6, 6.07) is 8.31. The molecule has 3 heterocycles. The van der Waals surface area contributed by atoms with Gasteiger partial charge in [0.05, 0.1) is 13.2 Å². The summed E-state index contributed by atoms with van der Waals surface area (Å²) in [4.78, 5) is 26.8. The number of ether oxygens (including phenoxy) is 1. The van der Waals surface area contributed by atoms with Crippen LogP contribution in [0, 0.1) is 0 Å². The van der Waals surface area contributed by atoms with Gasteiger partial charge in [-0.2, -0.15) is 20.1 Å². The zero-order chi connectivity index (χ0) is 18.6. The van der Waals surface area contributed by atoms with Crippen LogP contribution in [-0.2, 0) is 4.74 Å². The van der Waals surface area contributed by atoms with Gasteiger partial charge in [0.25, 0.3) is 5.95 Å². The number of anilines is 2. The molecule has 10 heteroatoms. The van der Waals surface area contributed by atoms with Gasteiger partial charge in [-0.3, -0.25) is 0 Å². The first-order chi connectivity index (χ1) is 13.2. The van der Waals surface area contributed by atoms with Gasteiger partial charge >= 0.3 is 6.03 Å². The van der Waals surface area contributed by atoms with Crippen molar-refractivity contribution in [3.63, 3.8) is 0 Å². The number of aromatic nitrogens is 5. The van der Waals surface area contributed by atoms with E-state index in [-0.39, 0.29) is 0 Å². The van der Waals surface area contributed by atoms with Crippen molar-refractivity contribution >= 4 is 17.7 Å². The van der Waals surface area contributed by atoms with Gasteiger partial charge in [0, 0.05) is 36.7 Å². The van der Waals surface area contributed by atoms with Crippen molar-refractivity contribution in [3.8, 4) is 17.3 Å². The fourth-order valence-corrected chi connectivity index (χ4v) is 2.72. The number of carbonyl (C=O) groups excluding carboxylic acids is 1. The number of urea groups is 1. The summed E-state index contributed by atoms with van der Waals surface area (Å²) < 4.78 is 7.00. The first kappa shape index (κ1) is 16.9. The van der Waals surface area contributed by atoms with Crippen LogP contribution < -0.4 is 16.0 Å². The molecule has 4 rings (SSSR count). The molecule has 3 aromatic rings.